The van der Waals surface area contributed by atoms with Crippen LogP contribution in [-0.2, 0) is 0 Å². The molecule has 0 aliphatic carbocycles. The van der Waals surface area contributed by atoms with Crippen LogP contribution in [0.2, 0.25) is 10.0 Å². The van der Waals surface area contributed by atoms with Gasteiger partial charge in [0.2, 0.25) is 0 Å². The smallest absolute Gasteiger partial charge is 0.0454 e. The zero-order chi connectivity index (χ0) is 10.8. The molecule has 1 atom stereocenters. The Morgan fingerprint density at radius 2 is 1.87 bits per heavy atom. The number of rotatable bonds is 2. The molecule has 1 aromatic carbocycles. The van der Waals surface area contributed by atoms with Gasteiger partial charge in [-0.05, 0) is 56.6 Å². The number of hydrogen-bond donors (Lipinski definition) is 0. The lowest BCUT2D eigenvalue weighted by Crippen LogP contribution is -2.23. The van der Waals surface area contributed by atoms with E-state index in [2.05, 4.69) is 11.8 Å². The lowest BCUT2D eigenvalue weighted by atomic mass is 10.1. The van der Waals surface area contributed by atoms with Crippen molar-refractivity contribution in [3.63, 3.8) is 0 Å². The zero-order valence-electron chi connectivity index (χ0n) is 8.84. The molecule has 0 saturated carbocycles. The number of benzene rings is 1. The van der Waals surface area contributed by atoms with Crippen LogP contribution in [0.5, 0.6) is 0 Å². The zero-order valence-corrected chi connectivity index (χ0v) is 10.4. The van der Waals surface area contributed by atoms with Crippen molar-refractivity contribution in [1.82, 2.24) is 4.90 Å². The van der Waals surface area contributed by atoms with E-state index >= 15 is 0 Å². The maximum Gasteiger partial charge on any atom is 0.0454 e. The van der Waals surface area contributed by atoms with Crippen molar-refractivity contribution in [2.75, 3.05) is 13.1 Å². The highest BCUT2D eigenvalue weighted by Crippen LogP contribution is 2.31. The van der Waals surface area contributed by atoms with Gasteiger partial charge >= 0.3 is 0 Å². The minimum absolute atomic E-state index is 0.374. The van der Waals surface area contributed by atoms with E-state index in [1.165, 1.54) is 25.9 Å². The predicted octanol–water partition coefficient (Wildman–Crippen LogP) is 4.15. The topological polar surface area (TPSA) is 3.24 Å². The van der Waals surface area contributed by atoms with E-state index in [0.717, 1.165) is 15.6 Å². The first-order chi connectivity index (χ1) is 7.18. The fourth-order valence-corrected chi connectivity index (χ4v) is 2.62. The molecule has 1 saturated heterocycles. The molecular weight excluding hydrogens is 229 g/mol. The second kappa shape index (κ2) is 4.73. The van der Waals surface area contributed by atoms with Crippen molar-refractivity contribution < 1.29 is 0 Å². The molecule has 0 amide bonds. The molecule has 0 aromatic heterocycles. The Labute approximate surface area is 101 Å². The Morgan fingerprint density at radius 1 is 1.20 bits per heavy atom. The molecule has 0 radical (unpaired) electrons. The summed E-state index contributed by atoms with van der Waals surface area (Å²) in [6.45, 7) is 4.54. The first-order valence-electron chi connectivity index (χ1n) is 5.37. The van der Waals surface area contributed by atoms with Crippen LogP contribution in [0.3, 0.4) is 0 Å². The summed E-state index contributed by atoms with van der Waals surface area (Å²) in [5.41, 5.74) is 1.14. The Bertz CT molecular complexity index is 345. The molecule has 15 heavy (non-hydrogen) atoms. The van der Waals surface area contributed by atoms with Gasteiger partial charge in [0.15, 0.2) is 0 Å². The predicted molar refractivity (Wildman–Crippen MR) is 65.7 cm³/mol. The number of nitrogens with zero attached hydrogens (tertiary/aromatic N) is 1. The van der Waals surface area contributed by atoms with Gasteiger partial charge in [-0.3, -0.25) is 4.90 Å². The largest absolute Gasteiger partial charge is 0.297 e. The molecule has 1 fully saturated rings. The molecule has 0 spiro atoms. The third-order valence-corrected chi connectivity index (χ3v) is 3.68. The van der Waals surface area contributed by atoms with Crippen molar-refractivity contribution in [3.8, 4) is 0 Å². The fraction of sp³-hybridized carbons (Fsp3) is 0.500. The average Bonchev–Trinajstić information content (AvgIpc) is 2.74. The SMILES string of the molecule is CC(c1cc(Cl)ccc1Cl)N1CCCC1. The van der Waals surface area contributed by atoms with Gasteiger partial charge in [-0.25, -0.2) is 0 Å². The second-order valence-corrected chi connectivity index (χ2v) is 4.93. The molecule has 1 nitrogen and oxygen atoms in total. The number of hydrogen-bond acceptors (Lipinski definition) is 1. The molecule has 0 N–H and O–H groups in total. The van der Waals surface area contributed by atoms with E-state index in [1.807, 2.05) is 18.2 Å². The minimum atomic E-state index is 0.374. The van der Waals surface area contributed by atoms with Crippen LogP contribution in [0.15, 0.2) is 18.2 Å². The molecule has 3 heteroatoms. The van der Waals surface area contributed by atoms with Gasteiger partial charge in [-0.2, -0.15) is 0 Å². The number of likely N-dealkylation sites (tertiary alicyclic amines) is 1. The molecular formula is C12H15Cl2N. The summed E-state index contributed by atoms with van der Waals surface area (Å²) in [6.07, 6.45) is 2.59. The lowest BCUT2D eigenvalue weighted by molar-refractivity contribution is 0.263. The van der Waals surface area contributed by atoms with Crippen molar-refractivity contribution in [2.45, 2.75) is 25.8 Å². The van der Waals surface area contributed by atoms with Gasteiger partial charge in [-0.15, -0.1) is 0 Å². The van der Waals surface area contributed by atoms with E-state index < -0.39 is 0 Å². The normalized spacial score (nSPS) is 19.4. The highest BCUT2D eigenvalue weighted by atomic mass is 35.5. The Balaban J connectivity index is 2.23. The molecule has 1 heterocycles. The maximum atomic E-state index is 6.18. The van der Waals surface area contributed by atoms with Gasteiger partial charge in [0.25, 0.3) is 0 Å². The first kappa shape index (κ1) is 11.3. The summed E-state index contributed by atoms with van der Waals surface area (Å²) in [6, 6.07) is 6.07. The minimum Gasteiger partial charge on any atom is -0.297 e. The summed E-state index contributed by atoms with van der Waals surface area (Å²) >= 11 is 12.2. The highest BCUT2D eigenvalue weighted by Gasteiger charge is 2.21. The van der Waals surface area contributed by atoms with E-state index in [1.54, 1.807) is 0 Å². The molecule has 0 bridgehead atoms. The Kier molecular flexibility index (Phi) is 3.55. The van der Waals surface area contributed by atoms with Gasteiger partial charge in [-0.1, -0.05) is 23.2 Å². The van der Waals surface area contributed by atoms with Gasteiger partial charge in [0, 0.05) is 16.1 Å². The standard InChI is InChI=1S/C12H15Cl2N/c1-9(15-6-2-3-7-15)11-8-10(13)4-5-12(11)14/h4-5,8-9H,2-3,6-7H2,1H3. The average molecular weight is 244 g/mol. The summed E-state index contributed by atoms with van der Waals surface area (Å²) < 4.78 is 0. The number of halogens is 2. The van der Waals surface area contributed by atoms with Crippen LogP contribution in [-0.4, -0.2) is 18.0 Å². The molecule has 1 aliphatic heterocycles. The van der Waals surface area contributed by atoms with E-state index in [9.17, 15) is 0 Å². The van der Waals surface area contributed by atoms with Crippen molar-refractivity contribution in [2.24, 2.45) is 0 Å². The highest BCUT2D eigenvalue weighted by molar-refractivity contribution is 6.33. The summed E-state index contributed by atoms with van der Waals surface area (Å²) in [5, 5.41) is 1.58. The van der Waals surface area contributed by atoms with E-state index in [0.29, 0.717) is 6.04 Å². The Hall–Kier alpha value is -0.240. The summed E-state index contributed by atoms with van der Waals surface area (Å²) in [5.74, 6) is 0. The lowest BCUT2D eigenvalue weighted by Gasteiger charge is -2.25. The van der Waals surface area contributed by atoms with Crippen LogP contribution in [0.25, 0.3) is 0 Å². The van der Waals surface area contributed by atoms with Crippen molar-refractivity contribution in [1.29, 1.82) is 0 Å². The molecule has 1 unspecified atom stereocenters. The third-order valence-electron chi connectivity index (χ3n) is 3.10. The van der Waals surface area contributed by atoms with Crippen LogP contribution in [0.1, 0.15) is 31.4 Å². The molecule has 82 valence electrons. The van der Waals surface area contributed by atoms with Gasteiger partial charge in [0.1, 0.15) is 0 Å². The van der Waals surface area contributed by atoms with Crippen LogP contribution in [0.4, 0.5) is 0 Å². The second-order valence-electron chi connectivity index (χ2n) is 4.08. The fourth-order valence-electron chi connectivity index (χ4n) is 2.16. The third kappa shape index (κ3) is 2.47. The van der Waals surface area contributed by atoms with E-state index in [-0.39, 0.29) is 0 Å². The molecule has 2 rings (SSSR count). The molecule has 1 aliphatic rings. The quantitative estimate of drug-likeness (QED) is 0.755. The van der Waals surface area contributed by atoms with Crippen LogP contribution in [0, 0.1) is 0 Å². The van der Waals surface area contributed by atoms with Crippen LogP contribution >= 0.6 is 23.2 Å². The maximum absolute atomic E-state index is 6.18. The Morgan fingerprint density at radius 3 is 2.53 bits per heavy atom. The van der Waals surface area contributed by atoms with Gasteiger partial charge < -0.3 is 0 Å². The first-order valence-corrected chi connectivity index (χ1v) is 6.13. The summed E-state index contributed by atoms with van der Waals surface area (Å²) in [4.78, 5) is 2.46. The monoisotopic (exact) mass is 243 g/mol. The van der Waals surface area contributed by atoms with Crippen molar-refractivity contribution >= 4 is 23.2 Å². The van der Waals surface area contributed by atoms with Gasteiger partial charge in [0.05, 0.1) is 0 Å². The van der Waals surface area contributed by atoms with E-state index in [4.69, 9.17) is 23.2 Å². The molecule has 1 aromatic rings. The van der Waals surface area contributed by atoms with Crippen LogP contribution < -0.4 is 0 Å². The summed E-state index contributed by atoms with van der Waals surface area (Å²) in [7, 11) is 0. The van der Waals surface area contributed by atoms with Crippen molar-refractivity contribution in [3.05, 3.63) is 33.8 Å².